The van der Waals surface area contributed by atoms with Crippen LogP contribution in [-0.4, -0.2) is 32.0 Å². The largest absolute Gasteiger partial charge is 0.505 e. The molecule has 0 saturated carbocycles. The van der Waals surface area contributed by atoms with Crippen LogP contribution in [0.2, 0.25) is 0 Å². The molecule has 0 fully saturated rings. The molecule has 0 bridgehead atoms. The number of aromatic hydroxyl groups is 2. The zero-order valence-corrected chi connectivity index (χ0v) is 12.4. The SMILES string of the molecule is Cc1c(N)c(O)c2c(COC(N)=O)c3n(c2c1O)C[C@H](N)[C@@H]3O. The van der Waals surface area contributed by atoms with Crippen molar-refractivity contribution < 1.29 is 24.9 Å². The lowest BCUT2D eigenvalue weighted by Crippen LogP contribution is -2.25. The van der Waals surface area contributed by atoms with E-state index in [1.165, 1.54) is 0 Å². The predicted molar refractivity (Wildman–Crippen MR) is 81.7 cm³/mol. The quantitative estimate of drug-likeness (QED) is 0.255. The molecule has 23 heavy (non-hydrogen) atoms. The fraction of sp³-hybridized carbons (Fsp3) is 0.357. The Labute approximate surface area is 130 Å². The molecular weight excluding hydrogens is 304 g/mol. The summed E-state index contributed by atoms with van der Waals surface area (Å²) in [6.45, 7) is 1.52. The van der Waals surface area contributed by atoms with Crippen LogP contribution in [-0.2, 0) is 17.9 Å². The van der Waals surface area contributed by atoms with Gasteiger partial charge in [0.2, 0.25) is 0 Å². The standard InChI is InChI=1S/C14H18N4O5/c1-4-8(16)13(21)7-5(3-23-14(17)22)9-12(20)6(15)2-18(9)10(7)11(4)19/h6,12,19-21H,2-3,15-16H2,1H3,(H2,17,22)/t6-,12-/m0/s1. The minimum absolute atomic E-state index is 0.0124. The number of aliphatic hydroxyl groups excluding tert-OH is 1. The van der Waals surface area contributed by atoms with Gasteiger partial charge < -0.3 is 41.8 Å². The van der Waals surface area contributed by atoms with Crippen molar-refractivity contribution in [1.29, 1.82) is 0 Å². The number of phenolic OH excluding ortho intramolecular Hbond substituents is 2. The lowest BCUT2D eigenvalue weighted by atomic mass is 10.0. The van der Waals surface area contributed by atoms with Gasteiger partial charge in [0.05, 0.1) is 28.3 Å². The molecule has 2 atom stereocenters. The minimum Gasteiger partial charge on any atom is -0.505 e. The molecule has 1 aromatic heterocycles. The number of nitrogens with zero attached hydrogens (tertiary/aromatic N) is 1. The summed E-state index contributed by atoms with van der Waals surface area (Å²) in [5.74, 6) is -0.371. The zero-order valence-electron chi connectivity index (χ0n) is 12.4. The molecule has 1 aliphatic heterocycles. The maximum atomic E-state index is 10.9. The van der Waals surface area contributed by atoms with Crippen molar-refractivity contribution in [3.05, 3.63) is 16.8 Å². The first kappa shape index (κ1) is 15.3. The van der Waals surface area contributed by atoms with Gasteiger partial charge in [0, 0.05) is 17.7 Å². The van der Waals surface area contributed by atoms with Gasteiger partial charge in [0.15, 0.2) is 0 Å². The van der Waals surface area contributed by atoms with Gasteiger partial charge in [-0.15, -0.1) is 0 Å². The van der Waals surface area contributed by atoms with Crippen molar-refractivity contribution in [1.82, 2.24) is 4.57 Å². The van der Waals surface area contributed by atoms with Crippen LogP contribution in [0.4, 0.5) is 10.5 Å². The first-order chi connectivity index (χ1) is 10.8. The first-order valence-electron chi connectivity index (χ1n) is 6.96. The van der Waals surface area contributed by atoms with E-state index in [1.807, 2.05) is 0 Å². The van der Waals surface area contributed by atoms with E-state index < -0.39 is 18.2 Å². The van der Waals surface area contributed by atoms with Gasteiger partial charge in [-0.2, -0.15) is 0 Å². The highest BCUT2D eigenvalue weighted by molar-refractivity contribution is 6.01. The van der Waals surface area contributed by atoms with E-state index in [9.17, 15) is 20.1 Å². The number of hydrogen-bond donors (Lipinski definition) is 6. The number of fused-ring (bicyclic) bond motifs is 3. The number of aliphatic hydroxyl groups is 1. The number of rotatable bonds is 2. The molecule has 3 rings (SSSR count). The summed E-state index contributed by atoms with van der Waals surface area (Å²) in [6.07, 6.45) is -2.03. The van der Waals surface area contributed by atoms with E-state index in [-0.39, 0.29) is 35.7 Å². The predicted octanol–water partition coefficient (Wildman–Crippen LogP) is -0.0873. The molecule has 9 heteroatoms. The van der Waals surface area contributed by atoms with Crippen molar-refractivity contribution in [3.63, 3.8) is 0 Å². The van der Waals surface area contributed by atoms with Gasteiger partial charge in [0.1, 0.15) is 24.2 Å². The van der Waals surface area contributed by atoms with Crippen LogP contribution in [0.3, 0.4) is 0 Å². The average Bonchev–Trinajstić information content (AvgIpc) is 2.96. The van der Waals surface area contributed by atoms with Crippen molar-refractivity contribution in [3.8, 4) is 11.5 Å². The molecule has 2 aromatic rings. The number of anilines is 1. The Kier molecular flexibility index (Phi) is 3.27. The molecule has 2 heterocycles. The lowest BCUT2D eigenvalue weighted by molar-refractivity contribution is 0.142. The topological polar surface area (TPSA) is 170 Å². The second kappa shape index (κ2) is 4.93. The molecule has 1 aromatic carbocycles. The van der Waals surface area contributed by atoms with Crippen LogP contribution in [0.1, 0.15) is 22.9 Å². The Hall–Kier alpha value is -2.65. The van der Waals surface area contributed by atoms with Gasteiger partial charge in [-0.3, -0.25) is 0 Å². The molecule has 9 N–H and O–H groups in total. The number of primary amides is 1. The Morgan fingerprint density at radius 3 is 2.65 bits per heavy atom. The van der Waals surface area contributed by atoms with Crippen molar-refractivity contribution in [2.75, 3.05) is 5.73 Å². The zero-order chi connectivity index (χ0) is 17.0. The van der Waals surface area contributed by atoms with E-state index in [4.69, 9.17) is 21.9 Å². The summed E-state index contributed by atoms with van der Waals surface area (Å²) < 4.78 is 6.41. The molecule has 9 nitrogen and oxygen atoms in total. The van der Waals surface area contributed by atoms with Gasteiger partial charge >= 0.3 is 6.09 Å². The van der Waals surface area contributed by atoms with Crippen molar-refractivity contribution >= 4 is 22.7 Å². The number of nitrogen functional groups attached to an aromatic ring is 1. The van der Waals surface area contributed by atoms with Crippen LogP contribution in [0.15, 0.2) is 0 Å². The summed E-state index contributed by atoms with van der Waals surface area (Å²) in [5, 5.41) is 31.3. The number of carbonyl (C=O) groups is 1. The van der Waals surface area contributed by atoms with Gasteiger partial charge in [-0.05, 0) is 6.92 Å². The fourth-order valence-electron chi connectivity index (χ4n) is 3.14. The van der Waals surface area contributed by atoms with Crippen LogP contribution in [0, 0.1) is 6.92 Å². The van der Waals surface area contributed by atoms with Crippen LogP contribution in [0.25, 0.3) is 10.9 Å². The fourth-order valence-corrected chi connectivity index (χ4v) is 3.14. The summed E-state index contributed by atoms with van der Waals surface area (Å²) in [4.78, 5) is 10.9. The molecule has 0 spiro atoms. The van der Waals surface area contributed by atoms with Crippen LogP contribution in [0.5, 0.6) is 11.5 Å². The Bertz CT molecular complexity index is 829. The summed E-state index contributed by atoms with van der Waals surface area (Å²) in [6, 6.07) is -0.582. The number of aromatic nitrogens is 1. The molecule has 1 amide bonds. The van der Waals surface area contributed by atoms with Gasteiger partial charge in [0.25, 0.3) is 0 Å². The van der Waals surface area contributed by atoms with E-state index in [0.717, 1.165) is 0 Å². The third kappa shape index (κ3) is 1.97. The number of amides is 1. The Morgan fingerprint density at radius 1 is 1.39 bits per heavy atom. The normalized spacial score (nSPS) is 20.0. The maximum absolute atomic E-state index is 10.9. The smallest absolute Gasteiger partial charge is 0.404 e. The molecule has 0 radical (unpaired) electrons. The first-order valence-corrected chi connectivity index (χ1v) is 6.96. The molecule has 0 aliphatic carbocycles. The third-order valence-electron chi connectivity index (χ3n) is 4.32. The third-order valence-corrected chi connectivity index (χ3v) is 4.32. The van der Waals surface area contributed by atoms with E-state index in [0.29, 0.717) is 22.3 Å². The number of phenols is 2. The molecular formula is C14H18N4O5. The molecule has 124 valence electrons. The van der Waals surface area contributed by atoms with E-state index in [2.05, 4.69) is 0 Å². The number of carbonyl (C=O) groups excluding carboxylic acids is 1. The van der Waals surface area contributed by atoms with Gasteiger partial charge in [-0.25, -0.2) is 4.79 Å². The lowest BCUT2D eigenvalue weighted by Gasteiger charge is -2.13. The monoisotopic (exact) mass is 322 g/mol. The number of benzene rings is 1. The second-order valence-electron chi connectivity index (χ2n) is 5.65. The highest BCUT2D eigenvalue weighted by Gasteiger charge is 2.37. The Morgan fingerprint density at radius 2 is 2.04 bits per heavy atom. The minimum atomic E-state index is -1.03. The summed E-state index contributed by atoms with van der Waals surface area (Å²) in [5.41, 5.74) is 18.0. The highest BCUT2D eigenvalue weighted by Crippen LogP contribution is 2.48. The van der Waals surface area contributed by atoms with Crippen molar-refractivity contribution in [2.45, 2.75) is 32.2 Å². The maximum Gasteiger partial charge on any atom is 0.404 e. The number of nitrogens with two attached hydrogens (primary N) is 3. The highest BCUT2D eigenvalue weighted by atomic mass is 16.5. The van der Waals surface area contributed by atoms with Crippen LogP contribution < -0.4 is 17.2 Å². The van der Waals surface area contributed by atoms with Gasteiger partial charge in [-0.1, -0.05) is 0 Å². The molecule has 0 saturated heterocycles. The second-order valence-corrected chi connectivity index (χ2v) is 5.65. The number of hydrogen-bond acceptors (Lipinski definition) is 7. The van der Waals surface area contributed by atoms with E-state index >= 15 is 0 Å². The Balaban J connectivity index is 2.38. The average molecular weight is 322 g/mol. The molecule has 1 aliphatic rings. The number of ether oxygens (including phenoxy) is 1. The van der Waals surface area contributed by atoms with Crippen LogP contribution >= 0.6 is 0 Å². The summed E-state index contributed by atoms with van der Waals surface area (Å²) in [7, 11) is 0. The molecule has 0 unspecified atom stereocenters. The summed E-state index contributed by atoms with van der Waals surface area (Å²) >= 11 is 0. The van der Waals surface area contributed by atoms with E-state index in [1.54, 1.807) is 11.5 Å². The van der Waals surface area contributed by atoms with Crippen molar-refractivity contribution in [2.24, 2.45) is 11.5 Å².